The summed E-state index contributed by atoms with van der Waals surface area (Å²) in [7, 11) is 1.79. The Hall–Kier alpha value is -2.05. The maximum absolute atomic E-state index is 12.3. The molecule has 120 valence electrons. The quantitative estimate of drug-likeness (QED) is 0.904. The number of rotatable bonds is 2. The van der Waals surface area contributed by atoms with E-state index in [0.29, 0.717) is 40.2 Å². The molecular weight excluding hydrogens is 337 g/mol. The van der Waals surface area contributed by atoms with E-state index in [1.807, 2.05) is 6.07 Å². The number of amidine groups is 1. The molecule has 8 heteroatoms. The number of carbonyl (C=O) groups excluding carboxylic acids is 1. The summed E-state index contributed by atoms with van der Waals surface area (Å²) in [5.41, 5.74) is 2.05. The minimum absolute atomic E-state index is 0.211. The second kappa shape index (κ2) is 6.22. The number of amides is 1. The van der Waals surface area contributed by atoms with Crippen molar-refractivity contribution in [1.82, 2.24) is 14.9 Å². The van der Waals surface area contributed by atoms with Crippen molar-refractivity contribution in [1.29, 1.82) is 0 Å². The van der Waals surface area contributed by atoms with Gasteiger partial charge in [-0.1, -0.05) is 23.2 Å². The first-order valence-electron chi connectivity index (χ1n) is 7.05. The molecule has 0 saturated carbocycles. The first-order valence-corrected chi connectivity index (χ1v) is 7.80. The third-order valence-corrected chi connectivity index (χ3v) is 4.33. The summed E-state index contributed by atoms with van der Waals surface area (Å²) < 4.78 is 1.69. The normalized spacial score (nSPS) is 14.1. The highest BCUT2D eigenvalue weighted by Crippen LogP contribution is 2.28. The lowest BCUT2D eigenvalue weighted by Gasteiger charge is -2.13. The Morgan fingerprint density at radius 3 is 2.74 bits per heavy atom. The summed E-state index contributed by atoms with van der Waals surface area (Å²) in [5, 5.41) is 10.0. The van der Waals surface area contributed by atoms with Crippen LogP contribution in [-0.2, 0) is 7.05 Å². The van der Waals surface area contributed by atoms with Crippen LogP contribution in [-0.4, -0.2) is 27.8 Å². The SMILES string of the molecule is Cc1ncn(C)c1C(=O)NC1=NN(c2ccc(Cl)c(Cl)c2)CC1. The van der Waals surface area contributed by atoms with E-state index in [-0.39, 0.29) is 5.91 Å². The number of hydrazone groups is 1. The van der Waals surface area contributed by atoms with Crippen LogP contribution in [0.5, 0.6) is 0 Å². The number of anilines is 1. The van der Waals surface area contributed by atoms with Crippen molar-refractivity contribution in [2.75, 3.05) is 11.6 Å². The van der Waals surface area contributed by atoms with Gasteiger partial charge in [-0.05, 0) is 25.1 Å². The number of halogens is 2. The van der Waals surface area contributed by atoms with Gasteiger partial charge in [0, 0.05) is 20.0 Å². The number of nitrogens with one attached hydrogen (secondary N) is 1. The monoisotopic (exact) mass is 351 g/mol. The second-order valence-electron chi connectivity index (χ2n) is 5.26. The number of aromatic nitrogens is 2. The van der Waals surface area contributed by atoms with Gasteiger partial charge in [0.05, 0.1) is 27.8 Å². The number of hydrogen-bond acceptors (Lipinski definition) is 4. The van der Waals surface area contributed by atoms with Crippen LogP contribution in [0, 0.1) is 6.92 Å². The van der Waals surface area contributed by atoms with Gasteiger partial charge in [-0.3, -0.25) is 9.80 Å². The Kier molecular flexibility index (Phi) is 4.28. The Balaban J connectivity index is 1.75. The van der Waals surface area contributed by atoms with Gasteiger partial charge in [-0.25, -0.2) is 4.98 Å². The maximum atomic E-state index is 12.3. The minimum Gasteiger partial charge on any atom is -0.330 e. The first kappa shape index (κ1) is 15.8. The highest BCUT2D eigenvalue weighted by atomic mass is 35.5. The number of hydrogen-bond donors (Lipinski definition) is 1. The fourth-order valence-electron chi connectivity index (χ4n) is 2.44. The average molecular weight is 352 g/mol. The molecular formula is C15H15Cl2N5O. The number of benzene rings is 1. The van der Waals surface area contributed by atoms with Crippen LogP contribution in [0.4, 0.5) is 5.69 Å². The summed E-state index contributed by atoms with van der Waals surface area (Å²) in [4.78, 5) is 16.5. The summed E-state index contributed by atoms with van der Waals surface area (Å²) in [5.74, 6) is 0.402. The molecule has 0 unspecified atom stereocenters. The molecule has 1 aliphatic heterocycles. The fourth-order valence-corrected chi connectivity index (χ4v) is 2.73. The van der Waals surface area contributed by atoms with E-state index in [1.165, 1.54) is 0 Å². The average Bonchev–Trinajstić information content (AvgIpc) is 3.09. The lowest BCUT2D eigenvalue weighted by Crippen LogP contribution is -2.31. The van der Waals surface area contributed by atoms with Gasteiger partial charge >= 0.3 is 0 Å². The predicted molar refractivity (Wildman–Crippen MR) is 91.3 cm³/mol. The Morgan fingerprint density at radius 1 is 1.30 bits per heavy atom. The standard InChI is InChI=1S/C15H15Cl2N5O/c1-9-14(21(2)8-18-9)15(23)19-13-5-6-22(20-13)10-3-4-11(16)12(17)7-10/h3-4,7-8H,5-6H2,1-2H3,(H,19,20,23). The third kappa shape index (κ3) is 3.18. The predicted octanol–water partition coefficient (Wildman–Crippen LogP) is 2.99. The number of nitrogens with zero attached hydrogens (tertiary/aromatic N) is 4. The van der Waals surface area contributed by atoms with Crippen LogP contribution < -0.4 is 10.3 Å². The largest absolute Gasteiger partial charge is 0.330 e. The molecule has 1 amide bonds. The van der Waals surface area contributed by atoms with E-state index in [4.69, 9.17) is 23.2 Å². The van der Waals surface area contributed by atoms with Gasteiger partial charge in [-0.15, -0.1) is 0 Å². The van der Waals surface area contributed by atoms with Gasteiger partial charge in [-0.2, -0.15) is 5.10 Å². The van der Waals surface area contributed by atoms with Crippen molar-refractivity contribution >= 4 is 40.6 Å². The zero-order valence-electron chi connectivity index (χ0n) is 12.7. The van der Waals surface area contributed by atoms with Crippen molar-refractivity contribution in [3.8, 4) is 0 Å². The molecule has 0 fully saturated rings. The fraction of sp³-hybridized carbons (Fsp3) is 0.267. The lowest BCUT2D eigenvalue weighted by molar-refractivity contribution is 0.0968. The van der Waals surface area contributed by atoms with Gasteiger partial charge in [0.25, 0.3) is 5.91 Å². The molecule has 1 aromatic carbocycles. The van der Waals surface area contributed by atoms with Gasteiger partial charge in [0.15, 0.2) is 0 Å². The molecule has 1 N–H and O–H groups in total. The van der Waals surface area contributed by atoms with E-state index in [2.05, 4.69) is 15.4 Å². The second-order valence-corrected chi connectivity index (χ2v) is 6.08. The molecule has 0 saturated heterocycles. The smallest absolute Gasteiger partial charge is 0.275 e. The first-order chi connectivity index (χ1) is 11.0. The minimum atomic E-state index is -0.211. The lowest BCUT2D eigenvalue weighted by atomic mass is 10.3. The number of imidazole rings is 1. The van der Waals surface area contributed by atoms with Crippen LogP contribution >= 0.6 is 23.2 Å². The van der Waals surface area contributed by atoms with Gasteiger partial charge in [0.1, 0.15) is 11.5 Å². The molecule has 0 atom stereocenters. The van der Waals surface area contributed by atoms with Crippen LogP contribution in [0.3, 0.4) is 0 Å². The molecule has 6 nitrogen and oxygen atoms in total. The van der Waals surface area contributed by atoms with E-state index < -0.39 is 0 Å². The highest BCUT2D eigenvalue weighted by Gasteiger charge is 2.21. The molecule has 23 heavy (non-hydrogen) atoms. The van der Waals surface area contributed by atoms with Gasteiger partial charge < -0.3 is 9.88 Å². The molecule has 0 aliphatic carbocycles. The summed E-state index contributed by atoms with van der Waals surface area (Å²) in [6, 6.07) is 5.32. The van der Waals surface area contributed by atoms with Crippen LogP contribution in [0.2, 0.25) is 10.0 Å². The highest BCUT2D eigenvalue weighted by molar-refractivity contribution is 6.42. The zero-order chi connectivity index (χ0) is 16.6. The molecule has 0 radical (unpaired) electrons. The molecule has 2 aromatic rings. The molecule has 3 rings (SSSR count). The number of aryl methyl sites for hydroxylation is 2. The Labute approximate surface area is 143 Å². The van der Waals surface area contributed by atoms with Crippen LogP contribution in [0.1, 0.15) is 22.6 Å². The van der Waals surface area contributed by atoms with E-state index in [9.17, 15) is 4.79 Å². The molecule has 1 aliphatic rings. The summed E-state index contributed by atoms with van der Waals surface area (Å²) >= 11 is 11.9. The molecule has 0 bridgehead atoms. The van der Waals surface area contributed by atoms with E-state index in [1.54, 1.807) is 42.0 Å². The van der Waals surface area contributed by atoms with Crippen molar-refractivity contribution in [3.63, 3.8) is 0 Å². The van der Waals surface area contributed by atoms with Crippen LogP contribution in [0.15, 0.2) is 29.6 Å². The Bertz CT molecular complexity index is 780. The molecule has 2 heterocycles. The summed E-state index contributed by atoms with van der Waals surface area (Å²) in [6.07, 6.45) is 2.26. The van der Waals surface area contributed by atoms with E-state index in [0.717, 1.165) is 5.69 Å². The van der Waals surface area contributed by atoms with Crippen molar-refractivity contribution in [2.24, 2.45) is 12.1 Å². The Morgan fingerprint density at radius 2 is 2.09 bits per heavy atom. The molecule has 1 aromatic heterocycles. The van der Waals surface area contributed by atoms with Crippen LogP contribution in [0.25, 0.3) is 0 Å². The van der Waals surface area contributed by atoms with E-state index >= 15 is 0 Å². The maximum Gasteiger partial charge on any atom is 0.275 e. The number of carbonyl (C=O) groups is 1. The topological polar surface area (TPSA) is 62.5 Å². The van der Waals surface area contributed by atoms with Crippen molar-refractivity contribution in [3.05, 3.63) is 46.0 Å². The zero-order valence-corrected chi connectivity index (χ0v) is 14.2. The van der Waals surface area contributed by atoms with Crippen molar-refractivity contribution in [2.45, 2.75) is 13.3 Å². The van der Waals surface area contributed by atoms with Gasteiger partial charge in [0.2, 0.25) is 0 Å². The van der Waals surface area contributed by atoms with Crippen molar-refractivity contribution < 1.29 is 4.79 Å². The third-order valence-electron chi connectivity index (χ3n) is 3.60. The summed E-state index contributed by atoms with van der Waals surface area (Å²) in [6.45, 7) is 2.46. The molecule has 0 spiro atoms.